The summed E-state index contributed by atoms with van der Waals surface area (Å²) in [5.74, 6) is -2.11. The summed E-state index contributed by atoms with van der Waals surface area (Å²) < 4.78 is 5.03. The molecule has 35 heavy (non-hydrogen) atoms. The van der Waals surface area contributed by atoms with Gasteiger partial charge in [0.1, 0.15) is 0 Å². The first-order valence-electron chi connectivity index (χ1n) is 10.9. The van der Waals surface area contributed by atoms with Gasteiger partial charge in [0.2, 0.25) is 0 Å². The van der Waals surface area contributed by atoms with Crippen LogP contribution in [0.3, 0.4) is 0 Å². The van der Waals surface area contributed by atoms with E-state index in [1.165, 1.54) is 0 Å². The van der Waals surface area contributed by atoms with Gasteiger partial charge in [0.05, 0.1) is 31.2 Å². The van der Waals surface area contributed by atoms with Gasteiger partial charge in [0, 0.05) is 18.7 Å². The second kappa shape index (κ2) is 12.1. The van der Waals surface area contributed by atoms with Gasteiger partial charge in [-0.1, -0.05) is 77.9 Å². The van der Waals surface area contributed by atoms with Crippen molar-refractivity contribution in [3.63, 3.8) is 0 Å². The number of hydrogen-bond donors (Lipinski definition) is 1. The molecule has 0 spiro atoms. The number of unbranched alkanes of at least 4 members (excludes halogenated alkanes) is 2. The van der Waals surface area contributed by atoms with Gasteiger partial charge in [-0.2, -0.15) is 0 Å². The number of ether oxygens (including phenoxy) is 1. The molecule has 0 unspecified atom stereocenters. The van der Waals surface area contributed by atoms with Crippen LogP contribution in [0, 0.1) is 0 Å². The number of imide groups is 1. The highest BCUT2D eigenvalue weighted by atomic mass is 35.5. The van der Waals surface area contributed by atoms with Gasteiger partial charge in [0.15, 0.2) is 6.61 Å². The van der Waals surface area contributed by atoms with Gasteiger partial charge in [-0.3, -0.25) is 24.1 Å². The number of carbonyl (C=O) groups excluding carboxylic acids is 4. The Hall–Kier alpha value is -2.32. The summed E-state index contributed by atoms with van der Waals surface area (Å²) in [6.07, 6.45) is 2.31. The van der Waals surface area contributed by atoms with Gasteiger partial charge >= 0.3 is 5.97 Å². The van der Waals surface area contributed by atoms with Gasteiger partial charge < -0.3 is 10.1 Å². The van der Waals surface area contributed by atoms with Gasteiger partial charge in [-0.05, 0) is 30.9 Å². The Kier molecular flexibility index (Phi) is 9.41. The molecule has 11 heteroatoms. The minimum atomic E-state index is -0.592. The molecule has 0 saturated heterocycles. The highest BCUT2D eigenvalue weighted by molar-refractivity contribution is 6.55. The smallest absolute Gasteiger partial charge is 0.306 e. The molecule has 3 rings (SSSR count). The second-order valence-corrected chi connectivity index (χ2v) is 9.31. The summed E-state index contributed by atoms with van der Waals surface area (Å²) >= 11 is 24.2. The topological polar surface area (TPSA) is 92.8 Å². The first kappa shape index (κ1) is 27.3. The predicted molar refractivity (Wildman–Crippen MR) is 136 cm³/mol. The Morgan fingerprint density at radius 1 is 0.886 bits per heavy atom. The van der Waals surface area contributed by atoms with Crippen molar-refractivity contribution in [3.8, 4) is 0 Å². The Bertz CT molecular complexity index is 1140. The van der Waals surface area contributed by atoms with Crippen LogP contribution in [0.4, 0.5) is 5.69 Å². The van der Waals surface area contributed by atoms with Crippen molar-refractivity contribution in [2.45, 2.75) is 39.0 Å². The standard InChI is InChI=1S/C24H22Cl4N2O5/c1-2-13-8-5-6-9-14(13)29-15(31)12-35-16(32)10-4-3-7-11-30-23(33)17-18(24(30)34)20(26)22(28)21(27)19(17)25/h5-6,8-9H,2-4,7,10-12H2,1H3,(H,29,31). The molecule has 2 aromatic carbocycles. The summed E-state index contributed by atoms with van der Waals surface area (Å²) in [6.45, 7) is 1.72. The zero-order valence-corrected chi connectivity index (χ0v) is 21.8. The van der Waals surface area contributed by atoms with E-state index in [9.17, 15) is 19.2 Å². The van der Waals surface area contributed by atoms with Crippen LogP contribution in [-0.4, -0.2) is 41.7 Å². The normalized spacial score (nSPS) is 12.7. The zero-order valence-electron chi connectivity index (χ0n) is 18.8. The molecule has 186 valence electrons. The molecule has 2 aromatic rings. The maximum atomic E-state index is 12.7. The SMILES string of the molecule is CCc1ccccc1NC(=O)COC(=O)CCCCCN1C(=O)c2c(Cl)c(Cl)c(Cl)c(Cl)c2C1=O. The molecule has 0 fully saturated rings. The second-order valence-electron chi connectivity index (χ2n) is 7.80. The Morgan fingerprint density at radius 2 is 1.49 bits per heavy atom. The molecule has 1 N–H and O–H groups in total. The number of para-hydroxylation sites is 1. The van der Waals surface area contributed by atoms with E-state index in [1.54, 1.807) is 6.07 Å². The molecule has 1 heterocycles. The van der Waals surface area contributed by atoms with Crippen LogP contribution in [0.1, 0.15) is 58.9 Å². The van der Waals surface area contributed by atoms with Crippen LogP contribution in [0.2, 0.25) is 20.1 Å². The van der Waals surface area contributed by atoms with Crippen molar-refractivity contribution in [2.75, 3.05) is 18.5 Å². The molecule has 0 aliphatic carbocycles. The molecule has 0 bridgehead atoms. The summed E-state index contributed by atoms with van der Waals surface area (Å²) in [7, 11) is 0. The van der Waals surface area contributed by atoms with Crippen molar-refractivity contribution < 1.29 is 23.9 Å². The average molecular weight is 560 g/mol. The third kappa shape index (κ3) is 6.09. The van der Waals surface area contributed by atoms with Crippen molar-refractivity contribution in [2.24, 2.45) is 0 Å². The van der Waals surface area contributed by atoms with E-state index in [2.05, 4.69) is 5.32 Å². The van der Waals surface area contributed by atoms with E-state index >= 15 is 0 Å². The quantitative estimate of drug-likeness (QED) is 0.123. The maximum Gasteiger partial charge on any atom is 0.306 e. The number of amides is 3. The zero-order chi connectivity index (χ0) is 25.7. The van der Waals surface area contributed by atoms with Crippen molar-refractivity contribution in [1.29, 1.82) is 0 Å². The Balaban J connectivity index is 1.41. The fourth-order valence-corrected chi connectivity index (χ4v) is 4.68. The first-order chi connectivity index (χ1) is 16.7. The summed E-state index contributed by atoms with van der Waals surface area (Å²) in [6, 6.07) is 7.41. The number of halogens is 4. The third-order valence-electron chi connectivity index (χ3n) is 5.48. The fraction of sp³-hybridized carbons (Fsp3) is 0.333. The molecule has 0 radical (unpaired) electrons. The Morgan fingerprint density at radius 3 is 2.09 bits per heavy atom. The number of rotatable bonds is 10. The van der Waals surface area contributed by atoms with E-state index in [-0.39, 0.29) is 50.8 Å². The lowest BCUT2D eigenvalue weighted by molar-refractivity contribution is -0.147. The molecule has 0 aromatic heterocycles. The van der Waals surface area contributed by atoms with Crippen LogP contribution < -0.4 is 5.32 Å². The van der Waals surface area contributed by atoms with E-state index < -0.39 is 23.7 Å². The van der Waals surface area contributed by atoms with E-state index in [1.807, 2.05) is 25.1 Å². The number of nitrogens with zero attached hydrogens (tertiary/aromatic N) is 1. The van der Waals surface area contributed by atoms with Crippen LogP contribution in [0.25, 0.3) is 0 Å². The molecule has 1 aliphatic rings. The monoisotopic (exact) mass is 558 g/mol. The molecule has 0 saturated carbocycles. The summed E-state index contributed by atoms with van der Waals surface area (Å²) in [5, 5.41) is 2.35. The number of esters is 1. The number of aryl methyl sites for hydroxylation is 1. The van der Waals surface area contributed by atoms with Gasteiger partial charge in [-0.15, -0.1) is 0 Å². The lowest BCUT2D eigenvalue weighted by Gasteiger charge is -2.13. The lowest BCUT2D eigenvalue weighted by Crippen LogP contribution is -2.30. The van der Waals surface area contributed by atoms with Crippen LogP contribution in [0.5, 0.6) is 0 Å². The highest BCUT2D eigenvalue weighted by Crippen LogP contribution is 2.44. The van der Waals surface area contributed by atoms with E-state index in [4.69, 9.17) is 51.1 Å². The number of anilines is 1. The number of carbonyl (C=O) groups is 4. The maximum absolute atomic E-state index is 12.7. The van der Waals surface area contributed by atoms with Crippen LogP contribution in [-0.2, 0) is 20.7 Å². The summed E-state index contributed by atoms with van der Waals surface area (Å²) in [4.78, 5) is 50.4. The van der Waals surface area contributed by atoms with E-state index in [0.717, 1.165) is 16.9 Å². The molecule has 7 nitrogen and oxygen atoms in total. The minimum Gasteiger partial charge on any atom is -0.456 e. The number of hydrogen-bond acceptors (Lipinski definition) is 5. The highest BCUT2D eigenvalue weighted by Gasteiger charge is 2.41. The number of benzene rings is 2. The average Bonchev–Trinajstić information content (AvgIpc) is 3.09. The lowest BCUT2D eigenvalue weighted by atomic mass is 10.1. The molecule has 1 aliphatic heterocycles. The fourth-order valence-electron chi connectivity index (χ4n) is 3.67. The summed E-state index contributed by atoms with van der Waals surface area (Å²) in [5.41, 5.74) is 1.57. The van der Waals surface area contributed by atoms with Crippen molar-refractivity contribution >= 4 is 75.8 Å². The van der Waals surface area contributed by atoms with Crippen LogP contribution in [0.15, 0.2) is 24.3 Å². The van der Waals surface area contributed by atoms with E-state index in [0.29, 0.717) is 24.9 Å². The minimum absolute atomic E-state index is 0.0560. The third-order valence-corrected chi connectivity index (χ3v) is 7.29. The van der Waals surface area contributed by atoms with Crippen LogP contribution >= 0.6 is 46.4 Å². The number of fused-ring (bicyclic) bond motifs is 1. The largest absolute Gasteiger partial charge is 0.456 e. The molecule has 0 atom stereocenters. The number of nitrogens with one attached hydrogen (secondary N) is 1. The van der Waals surface area contributed by atoms with Crippen molar-refractivity contribution in [1.82, 2.24) is 4.90 Å². The molecular formula is C24H22Cl4N2O5. The first-order valence-corrected chi connectivity index (χ1v) is 12.4. The predicted octanol–water partition coefficient (Wildman–Crippen LogP) is 6.20. The van der Waals surface area contributed by atoms with Gasteiger partial charge in [0.25, 0.3) is 17.7 Å². The molecule has 3 amide bonds. The van der Waals surface area contributed by atoms with Gasteiger partial charge in [-0.25, -0.2) is 0 Å². The molecular weight excluding hydrogens is 538 g/mol. The van der Waals surface area contributed by atoms with Crippen molar-refractivity contribution in [3.05, 3.63) is 61.0 Å². The Labute approximate surface area is 222 Å².